The zero-order valence-corrected chi connectivity index (χ0v) is 11.0. The number of pyridine rings is 1. The molecule has 96 valence electrons. The number of aromatic nitrogens is 1. The highest BCUT2D eigenvalue weighted by molar-refractivity contribution is 5.06. The lowest BCUT2D eigenvalue weighted by atomic mass is 10.1. The van der Waals surface area contributed by atoms with Crippen molar-refractivity contribution in [3.8, 4) is 0 Å². The van der Waals surface area contributed by atoms with Crippen LogP contribution in [0, 0.1) is 0 Å². The first-order valence-electron chi connectivity index (χ1n) is 6.28. The molecule has 0 aliphatic heterocycles. The van der Waals surface area contributed by atoms with E-state index in [2.05, 4.69) is 25.8 Å². The second-order valence-electron chi connectivity index (χ2n) is 4.87. The molecule has 0 aliphatic rings. The topological polar surface area (TPSA) is 42.4 Å². The second kappa shape index (κ2) is 6.72. The number of hydrogen-bond acceptors (Lipinski definition) is 3. The Balaban J connectivity index is 2.24. The Bertz CT molecular complexity index is 311. The van der Waals surface area contributed by atoms with Crippen LogP contribution in [0.15, 0.2) is 24.4 Å². The number of hydrogen-bond donors (Lipinski definition) is 1. The first kappa shape index (κ1) is 14.1. The third kappa shape index (κ3) is 5.29. The van der Waals surface area contributed by atoms with E-state index in [1.54, 1.807) is 6.20 Å². The number of ether oxygens (including phenoxy) is 1. The quantitative estimate of drug-likeness (QED) is 0.741. The molecule has 1 rings (SSSR count). The first-order valence-corrected chi connectivity index (χ1v) is 6.28. The summed E-state index contributed by atoms with van der Waals surface area (Å²) in [5, 5.41) is 9.89. The fourth-order valence-corrected chi connectivity index (χ4v) is 1.45. The van der Waals surface area contributed by atoms with Crippen molar-refractivity contribution in [1.29, 1.82) is 0 Å². The van der Waals surface area contributed by atoms with Crippen molar-refractivity contribution < 1.29 is 9.84 Å². The summed E-state index contributed by atoms with van der Waals surface area (Å²) in [7, 11) is 0. The largest absolute Gasteiger partial charge is 0.387 e. The van der Waals surface area contributed by atoms with Crippen molar-refractivity contribution in [2.24, 2.45) is 0 Å². The van der Waals surface area contributed by atoms with Crippen LogP contribution in [0.2, 0.25) is 0 Å². The zero-order valence-electron chi connectivity index (χ0n) is 11.0. The van der Waals surface area contributed by atoms with Gasteiger partial charge in [-0.15, -0.1) is 0 Å². The Kier molecular flexibility index (Phi) is 5.59. The van der Waals surface area contributed by atoms with Gasteiger partial charge in [0.1, 0.15) is 0 Å². The lowest BCUT2D eigenvalue weighted by Crippen LogP contribution is -2.23. The molecule has 0 aromatic carbocycles. The molecule has 17 heavy (non-hydrogen) atoms. The number of rotatable bonds is 7. The van der Waals surface area contributed by atoms with Gasteiger partial charge in [0.05, 0.1) is 17.4 Å². The summed E-state index contributed by atoms with van der Waals surface area (Å²) < 4.78 is 5.73. The van der Waals surface area contributed by atoms with Gasteiger partial charge in [0.25, 0.3) is 0 Å². The second-order valence-corrected chi connectivity index (χ2v) is 4.87. The highest BCUT2D eigenvalue weighted by atomic mass is 16.5. The molecule has 0 radical (unpaired) electrons. The maximum atomic E-state index is 9.89. The molecule has 0 saturated carbocycles. The smallest absolute Gasteiger partial charge is 0.0960 e. The van der Waals surface area contributed by atoms with Crippen LogP contribution in [0.5, 0.6) is 0 Å². The molecule has 1 atom stereocenters. The molecule has 1 heterocycles. The van der Waals surface area contributed by atoms with Gasteiger partial charge in [-0.3, -0.25) is 4.98 Å². The van der Waals surface area contributed by atoms with Crippen molar-refractivity contribution in [3.63, 3.8) is 0 Å². The molecule has 3 nitrogen and oxygen atoms in total. The highest BCUT2D eigenvalue weighted by Crippen LogP contribution is 2.18. The predicted molar refractivity (Wildman–Crippen MR) is 68.8 cm³/mol. The summed E-state index contributed by atoms with van der Waals surface area (Å²) in [6.07, 6.45) is 3.76. The SMILES string of the molecule is CCC(C)(C)OCCC[C@H](O)c1ccccn1. The van der Waals surface area contributed by atoms with Crippen LogP contribution in [-0.4, -0.2) is 22.3 Å². The van der Waals surface area contributed by atoms with E-state index in [0.717, 1.165) is 18.5 Å². The first-order chi connectivity index (χ1) is 8.05. The molecule has 0 bridgehead atoms. The lowest BCUT2D eigenvalue weighted by Gasteiger charge is -2.23. The maximum absolute atomic E-state index is 9.89. The third-order valence-corrected chi connectivity index (χ3v) is 3.00. The maximum Gasteiger partial charge on any atom is 0.0960 e. The molecule has 0 amide bonds. The summed E-state index contributed by atoms with van der Waals surface area (Å²) >= 11 is 0. The van der Waals surface area contributed by atoms with E-state index in [4.69, 9.17) is 4.74 Å². The summed E-state index contributed by atoms with van der Waals surface area (Å²) in [5.74, 6) is 0. The zero-order chi connectivity index (χ0) is 12.7. The van der Waals surface area contributed by atoms with E-state index in [0.29, 0.717) is 13.0 Å². The van der Waals surface area contributed by atoms with E-state index in [1.165, 1.54) is 0 Å². The summed E-state index contributed by atoms with van der Waals surface area (Å²) in [6.45, 7) is 6.97. The number of aliphatic hydroxyl groups excluding tert-OH is 1. The minimum Gasteiger partial charge on any atom is -0.387 e. The molecule has 0 spiro atoms. The molecule has 3 heteroatoms. The van der Waals surface area contributed by atoms with Gasteiger partial charge in [-0.25, -0.2) is 0 Å². The normalized spacial score (nSPS) is 13.6. The Hall–Kier alpha value is -0.930. The molecular formula is C14H23NO2. The Labute approximate surface area is 104 Å². The minimum absolute atomic E-state index is 0.0596. The Morgan fingerprint density at radius 3 is 2.76 bits per heavy atom. The fraction of sp³-hybridized carbons (Fsp3) is 0.643. The van der Waals surface area contributed by atoms with E-state index >= 15 is 0 Å². The molecule has 0 fully saturated rings. The number of aliphatic hydroxyl groups is 1. The van der Waals surface area contributed by atoms with E-state index in [1.807, 2.05) is 18.2 Å². The molecule has 1 aromatic rings. The Morgan fingerprint density at radius 1 is 1.41 bits per heavy atom. The van der Waals surface area contributed by atoms with Crippen LogP contribution in [0.25, 0.3) is 0 Å². The van der Waals surface area contributed by atoms with Crippen molar-refractivity contribution in [1.82, 2.24) is 4.98 Å². The average Bonchev–Trinajstić information content (AvgIpc) is 2.35. The van der Waals surface area contributed by atoms with Crippen LogP contribution in [0.4, 0.5) is 0 Å². The molecular weight excluding hydrogens is 214 g/mol. The van der Waals surface area contributed by atoms with Crippen molar-refractivity contribution in [2.45, 2.75) is 51.7 Å². The van der Waals surface area contributed by atoms with Crippen LogP contribution in [-0.2, 0) is 4.74 Å². The van der Waals surface area contributed by atoms with Crippen molar-refractivity contribution in [3.05, 3.63) is 30.1 Å². The van der Waals surface area contributed by atoms with Gasteiger partial charge in [0, 0.05) is 12.8 Å². The summed E-state index contributed by atoms with van der Waals surface area (Å²) in [4.78, 5) is 4.13. The van der Waals surface area contributed by atoms with E-state index in [-0.39, 0.29) is 5.60 Å². The van der Waals surface area contributed by atoms with Gasteiger partial charge in [0.15, 0.2) is 0 Å². The molecule has 0 aliphatic carbocycles. The summed E-state index contributed by atoms with van der Waals surface area (Å²) in [6, 6.07) is 5.59. The van der Waals surface area contributed by atoms with Gasteiger partial charge in [-0.2, -0.15) is 0 Å². The van der Waals surface area contributed by atoms with Crippen LogP contribution >= 0.6 is 0 Å². The van der Waals surface area contributed by atoms with Gasteiger partial charge in [-0.05, 0) is 45.2 Å². The average molecular weight is 237 g/mol. The van der Waals surface area contributed by atoms with Crippen LogP contribution < -0.4 is 0 Å². The van der Waals surface area contributed by atoms with Crippen LogP contribution in [0.1, 0.15) is 51.8 Å². The summed E-state index contributed by atoms with van der Waals surface area (Å²) in [5.41, 5.74) is 0.679. The lowest BCUT2D eigenvalue weighted by molar-refractivity contribution is -0.0250. The molecule has 0 unspecified atom stereocenters. The minimum atomic E-state index is -0.482. The van der Waals surface area contributed by atoms with Crippen molar-refractivity contribution >= 4 is 0 Å². The monoisotopic (exact) mass is 237 g/mol. The van der Waals surface area contributed by atoms with Gasteiger partial charge in [0.2, 0.25) is 0 Å². The number of nitrogens with zero attached hydrogens (tertiary/aromatic N) is 1. The van der Waals surface area contributed by atoms with Gasteiger partial charge < -0.3 is 9.84 Å². The molecule has 1 N–H and O–H groups in total. The molecule has 0 saturated heterocycles. The van der Waals surface area contributed by atoms with E-state index in [9.17, 15) is 5.11 Å². The predicted octanol–water partition coefficient (Wildman–Crippen LogP) is 3.10. The van der Waals surface area contributed by atoms with Crippen LogP contribution in [0.3, 0.4) is 0 Å². The molecule has 1 aromatic heterocycles. The van der Waals surface area contributed by atoms with Gasteiger partial charge >= 0.3 is 0 Å². The standard InChI is InChI=1S/C14H23NO2/c1-4-14(2,3)17-11-7-9-13(16)12-8-5-6-10-15-12/h5-6,8,10,13,16H,4,7,9,11H2,1-3H3/t13-/m0/s1. The fourth-order valence-electron chi connectivity index (χ4n) is 1.45. The third-order valence-electron chi connectivity index (χ3n) is 3.00. The Morgan fingerprint density at radius 2 is 2.18 bits per heavy atom. The van der Waals surface area contributed by atoms with Gasteiger partial charge in [-0.1, -0.05) is 13.0 Å². The van der Waals surface area contributed by atoms with E-state index < -0.39 is 6.10 Å². The highest BCUT2D eigenvalue weighted by Gasteiger charge is 2.15. The van der Waals surface area contributed by atoms with Crippen molar-refractivity contribution in [2.75, 3.05) is 6.61 Å².